The first kappa shape index (κ1) is 24.9. The molecule has 0 aromatic heterocycles. The lowest BCUT2D eigenvalue weighted by Crippen LogP contribution is -3.00. The number of halogens is 1. The van der Waals surface area contributed by atoms with Gasteiger partial charge >= 0.3 is 0 Å². The van der Waals surface area contributed by atoms with Gasteiger partial charge < -0.3 is 17.0 Å². The molecule has 5 aromatic rings. The Balaban J connectivity index is 0.00000289. The molecule has 0 aliphatic carbocycles. The van der Waals surface area contributed by atoms with E-state index in [4.69, 9.17) is 0 Å². The van der Waals surface area contributed by atoms with Crippen molar-refractivity contribution in [3.63, 3.8) is 0 Å². The van der Waals surface area contributed by atoms with Crippen molar-refractivity contribution < 1.29 is 17.0 Å². The van der Waals surface area contributed by atoms with E-state index in [1.54, 1.807) is 0 Å². The molecule has 0 saturated carbocycles. The molecule has 0 aliphatic heterocycles. The topological polar surface area (TPSA) is 0 Å². The Kier molecular flexibility index (Phi) is 8.48. The largest absolute Gasteiger partial charge is 1.00 e. The lowest BCUT2D eigenvalue weighted by molar-refractivity contribution is -0.00000646. The number of rotatable bonds is 7. The van der Waals surface area contributed by atoms with Gasteiger partial charge in [0.25, 0.3) is 0 Å². The molecule has 0 N–H and O–H groups in total. The van der Waals surface area contributed by atoms with Crippen LogP contribution in [0.3, 0.4) is 0 Å². The Hall–Kier alpha value is -3.25. The van der Waals surface area contributed by atoms with Gasteiger partial charge in [-0.2, -0.15) is 0 Å². The van der Waals surface area contributed by atoms with E-state index in [1.807, 2.05) is 0 Å². The molecule has 0 unspecified atom stereocenters. The summed E-state index contributed by atoms with van der Waals surface area (Å²) in [6, 6.07) is 54.9. The van der Waals surface area contributed by atoms with E-state index < -0.39 is 7.26 Å². The van der Waals surface area contributed by atoms with Gasteiger partial charge in [0.1, 0.15) is 23.2 Å². The van der Waals surface area contributed by atoms with Crippen LogP contribution in [0.2, 0.25) is 0 Å². The quantitative estimate of drug-likeness (QED) is 0.216. The van der Waals surface area contributed by atoms with E-state index in [9.17, 15) is 0 Å². The first-order valence-electron chi connectivity index (χ1n) is 11.7. The van der Waals surface area contributed by atoms with Crippen molar-refractivity contribution >= 4 is 34.8 Å². The highest BCUT2D eigenvalue weighted by Crippen LogP contribution is 2.57. The summed E-state index contributed by atoms with van der Waals surface area (Å²) >= 11 is 0. The molecule has 0 atom stereocenters. The second kappa shape index (κ2) is 11.9. The van der Waals surface area contributed by atoms with E-state index in [-0.39, 0.29) is 17.0 Å². The average Bonchev–Trinajstić information content (AvgIpc) is 2.93. The SMILES string of the molecule is C(=C(\C[P+](c1ccccc1)(c1ccccc1)c1ccccc1)c1ccccc1)/c1ccccc1.[Br-]. The summed E-state index contributed by atoms with van der Waals surface area (Å²) in [6.07, 6.45) is 3.32. The summed E-state index contributed by atoms with van der Waals surface area (Å²) in [5, 5.41) is 4.21. The number of hydrogen-bond acceptors (Lipinski definition) is 0. The van der Waals surface area contributed by atoms with Gasteiger partial charge in [-0.05, 0) is 59.2 Å². The first-order valence-corrected chi connectivity index (χ1v) is 13.7. The molecule has 0 spiro atoms. The maximum Gasteiger partial charge on any atom is 0.116 e. The summed E-state index contributed by atoms with van der Waals surface area (Å²) in [4.78, 5) is 0. The lowest BCUT2D eigenvalue weighted by atomic mass is 10.0. The number of hydrogen-bond donors (Lipinski definition) is 0. The Morgan fingerprint density at radius 3 is 1.20 bits per heavy atom. The molecular formula is C33H28BrP. The van der Waals surface area contributed by atoms with Crippen molar-refractivity contribution in [3.8, 4) is 0 Å². The molecule has 2 heteroatoms. The third-order valence-corrected chi connectivity index (χ3v) is 10.6. The zero-order valence-corrected chi connectivity index (χ0v) is 22.0. The van der Waals surface area contributed by atoms with Gasteiger partial charge in [0.15, 0.2) is 0 Å². The normalized spacial score (nSPS) is 11.5. The van der Waals surface area contributed by atoms with Crippen LogP contribution in [0.15, 0.2) is 152 Å². The van der Waals surface area contributed by atoms with Crippen molar-refractivity contribution in [3.05, 3.63) is 163 Å². The van der Waals surface area contributed by atoms with Crippen LogP contribution in [-0.4, -0.2) is 6.16 Å². The third kappa shape index (κ3) is 5.54. The van der Waals surface area contributed by atoms with Crippen LogP contribution >= 0.6 is 7.26 Å². The van der Waals surface area contributed by atoms with Crippen molar-refractivity contribution in [2.24, 2.45) is 0 Å². The Labute approximate surface area is 220 Å². The summed E-state index contributed by atoms with van der Waals surface area (Å²) in [5.41, 5.74) is 3.86. The van der Waals surface area contributed by atoms with Crippen LogP contribution in [-0.2, 0) is 0 Å². The standard InChI is InChI=1S/C33H28P.BrH/c1-6-16-28(17-7-1)26-30(29-18-8-2-9-19-29)27-34(31-20-10-3-11-21-31,32-22-12-4-13-23-32)33-24-14-5-15-25-33;/h1-26H,27H2;1H/q+1;/p-1/b30-26-;. The molecule has 0 bridgehead atoms. The van der Waals surface area contributed by atoms with Gasteiger partial charge in [0.05, 0.1) is 6.16 Å². The Morgan fingerprint density at radius 1 is 0.457 bits per heavy atom. The zero-order chi connectivity index (χ0) is 23.1. The van der Waals surface area contributed by atoms with Crippen molar-refractivity contribution in [2.45, 2.75) is 0 Å². The fourth-order valence-electron chi connectivity index (χ4n) is 4.65. The molecule has 35 heavy (non-hydrogen) atoms. The third-order valence-electron chi connectivity index (χ3n) is 6.28. The minimum atomic E-state index is -1.98. The zero-order valence-electron chi connectivity index (χ0n) is 19.5. The van der Waals surface area contributed by atoms with E-state index in [0.717, 1.165) is 6.16 Å². The van der Waals surface area contributed by atoms with Gasteiger partial charge in [-0.1, -0.05) is 115 Å². The fourth-order valence-corrected chi connectivity index (χ4v) is 8.92. The van der Waals surface area contributed by atoms with Gasteiger partial charge in [-0.25, -0.2) is 0 Å². The highest BCUT2D eigenvalue weighted by atomic mass is 79.9. The molecule has 0 aliphatic rings. The van der Waals surface area contributed by atoms with Crippen molar-refractivity contribution in [1.82, 2.24) is 0 Å². The summed E-state index contributed by atoms with van der Waals surface area (Å²) in [5.74, 6) is 0. The molecule has 0 radical (unpaired) electrons. The van der Waals surface area contributed by atoms with Crippen LogP contribution in [0, 0.1) is 0 Å². The molecule has 0 fully saturated rings. The molecule has 0 heterocycles. The van der Waals surface area contributed by atoms with Crippen LogP contribution in [0.25, 0.3) is 11.6 Å². The number of benzene rings is 5. The molecular weight excluding hydrogens is 507 g/mol. The molecule has 0 amide bonds. The molecule has 5 aromatic carbocycles. The second-order valence-electron chi connectivity index (χ2n) is 8.42. The average molecular weight is 535 g/mol. The van der Waals surface area contributed by atoms with Crippen molar-refractivity contribution in [2.75, 3.05) is 6.16 Å². The minimum absolute atomic E-state index is 0. The highest BCUT2D eigenvalue weighted by molar-refractivity contribution is 7.96. The predicted octanol–water partition coefficient (Wildman–Crippen LogP) is 4.23. The second-order valence-corrected chi connectivity index (χ2v) is 11.9. The van der Waals surface area contributed by atoms with Gasteiger partial charge in [0.2, 0.25) is 0 Å². The van der Waals surface area contributed by atoms with Gasteiger partial charge in [0, 0.05) is 0 Å². The maximum absolute atomic E-state index is 2.37. The lowest BCUT2D eigenvalue weighted by Gasteiger charge is -2.29. The first-order chi connectivity index (χ1) is 16.9. The molecule has 0 nitrogen and oxygen atoms in total. The van der Waals surface area contributed by atoms with E-state index in [1.165, 1.54) is 32.6 Å². The molecule has 0 saturated heterocycles. The molecule has 5 rings (SSSR count). The van der Waals surface area contributed by atoms with E-state index in [2.05, 4.69) is 158 Å². The smallest absolute Gasteiger partial charge is 0.116 e. The summed E-state index contributed by atoms with van der Waals surface area (Å²) in [7, 11) is -1.98. The van der Waals surface area contributed by atoms with Gasteiger partial charge in [-0.3, -0.25) is 0 Å². The summed E-state index contributed by atoms with van der Waals surface area (Å²) < 4.78 is 0. The Morgan fingerprint density at radius 2 is 0.800 bits per heavy atom. The highest BCUT2D eigenvalue weighted by Gasteiger charge is 2.46. The summed E-state index contributed by atoms with van der Waals surface area (Å²) in [6.45, 7) is 0. The van der Waals surface area contributed by atoms with Crippen LogP contribution in [0.5, 0.6) is 0 Å². The van der Waals surface area contributed by atoms with Crippen LogP contribution in [0.1, 0.15) is 11.1 Å². The van der Waals surface area contributed by atoms with Crippen LogP contribution < -0.4 is 32.9 Å². The predicted molar refractivity (Wildman–Crippen MR) is 151 cm³/mol. The monoisotopic (exact) mass is 534 g/mol. The van der Waals surface area contributed by atoms with Gasteiger partial charge in [-0.15, -0.1) is 0 Å². The molecule has 172 valence electrons. The van der Waals surface area contributed by atoms with E-state index in [0.29, 0.717) is 0 Å². The Bertz CT molecular complexity index is 1240. The minimum Gasteiger partial charge on any atom is -1.00 e. The fraction of sp³-hybridized carbons (Fsp3) is 0.0303. The van der Waals surface area contributed by atoms with Crippen LogP contribution in [0.4, 0.5) is 0 Å². The van der Waals surface area contributed by atoms with Crippen molar-refractivity contribution in [1.29, 1.82) is 0 Å². The maximum atomic E-state index is 2.37. The number of allylic oxidation sites excluding steroid dienone is 1. The van der Waals surface area contributed by atoms with E-state index >= 15 is 0 Å².